The van der Waals surface area contributed by atoms with Crippen molar-refractivity contribution in [3.8, 4) is 22.8 Å². The van der Waals surface area contributed by atoms with Gasteiger partial charge in [0.2, 0.25) is 5.82 Å². The van der Waals surface area contributed by atoms with Crippen LogP contribution in [0.2, 0.25) is 0 Å². The van der Waals surface area contributed by atoms with Crippen molar-refractivity contribution in [2.45, 2.75) is 33.2 Å². The monoisotopic (exact) mass is 378 g/mol. The Kier molecular flexibility index (Phi) is 6.55. The van der Waals surface area contributed by atoms with Gasteiger partial charge in [0, 0.05) is 36.3 Å². The van der Waals surface area contributed by atoms with E-state index >= 15 is 0 Å². The third kappa shape index (κ3) is 4.46. The van der Waals surface area contributed by atoms with Crippen molar-refractivity contribution in [3.05, 3.63) is 59.7 Å². The Bertz CT molecular complexity index is 912. The van der Waals surface area contributed by atoms with Crippen molar-refractivity contribution >= 4 is 5.91 Å². The highest BCUT2D eigenvalue weighted by Gasteiger charge is 2.17. The first-order valence-electron chi connectivity index (χ1n) is 9.69. The Labute approximate surface area is 165 Å². The molecule has 28 heavy (non-hydrogen) atoms. The number of nitrogens with two attached hydrogens (primary N) is 1. The second-order valence-corrected chi connectivity index (χ2v) is 6.70. The normalized spacial score (nSPS) is 10.8. The Morgan fingerprint density at radius 2 is 1.75 bits per heavy atom. The molecule has 0 radical (unpaired) electrons. The Morgan fingerprint density at radius 3 is 2.39 bits per heavy atom. The minimum absolute atomic E-state index is 0.0302. The van der Waals surface area contributed by atoms with Crippen molar-refractivity contribution in [1.82, 2.24) is 15.0 Å². The van der Waals surface area contributed by atoms with Crippen molar-refractivity contribution in [3.63, 3.8) is 0 Å². The standard InChI is InChI=1S/C22H26N4O2/c1-3-12-26(13-4-2)22(27)19-7-5-6-18(14-19)21-24-20(25-28-21)17-10-8-16(15-23)9-11-17/h5-11,14H,3-4,12-13,15,23H2,1-2H3. The van der Waals surface area contributed by atoms with Crippen molar-refractivity contribution in [2.24, 2.45) is 5.73 Å². The molecule has 0 aliphatic carbocycles. The van der Waals surface area contributed by atoms with Gasteiger partial charge in [-0.1, -0.05) is 49.3 Å². The van der Waals surface area contributed by atoms with Gasteiger partial charge in [-0.05, 0) is 36.6 Å². The van der Waals surface area contributed by atoms with E-state index in [9.17, 15) is 4.79 Å². The van der Waals surface area contributed by atoms with E-state index in [4.69, 9.17) is 10.3 Å². The van der Waals surface area contributed by atoms with Crippen LogP contribution in [0.5, 0.6) is 0 Å². The van der Waals surface area contributed by atoms with E-state index in [1.54, 1.807) is 0 Å². The number of benzene rings is 2. The minimum Gasteiger partial charge on any atom is -0.339 e. The highest BCUT2D eigenvalue weighted by atomic mass is 16.5. The molecule has 0 saturated heterocycles. The van der Waals surface area contributed by atoms with Crippen LogP contribution in [0.3, 0.4) is 0 Å². The van der Waals surface area contributed by atoms with E-state index in [2.05, 4.69) is 24.0 Å². The summed E-state index contributed by atoms with van der Waals surface area (Å²) in [7, 11) is 0. The Morgan fingerprint density at radius 1 is 1.04 bits per heavy atom. The first-order valence-corrected chi connectivity index (χ1v) is 9.69. The largest absolute Gasteiger partial charge is 0.339 e. The molecule has 0 aliphatic heterocycles. The fourth-order valence-electron chi connectivity index (χ4n) is 3.07. The molecule has 0 saturated carbocycles. The first kappa shape index (κ1) is 19.8. The SMILES string of the molecule is CCCN(CCC)C(=O)c1cccc(-c2nc(-c3ccc(CN)cc3)no2)c1. The van der Waals surface area contributed by atoms with Crippen LogP contribution in [0.1, 0.15) is 42.6 Å². The fraction of sp³-hybridized carbons (Fsp3) is 0.318. The predicted molar refractivity (Wildman–Crippen MR) is 110 cm³/mol. The van der Waals surface area contributed by atoms with Gasteiger partial charge < -0.3 is 15.2 Å². The third-order valence-electron chi connectivity index (χ3n) is 4.50. The molecule has 1 heterocycles. The second kappa shape index (κ2) is 9.28. The van der Waals surface area contributed by atoms with Gasteiger partial charge in [-0.3, -0.25) is 4.79 Å². The Balaban J connectivity index is 1.84. The molecule has 0 bridgehead atoms. The lowest BCUT2D eigenvalue weighted by Gasteiger charge is -2.21. The van der Waals surface area contributed by atoms with Crippen LogP contribution in [0.15, 0.2) is 53.1 Å². The molecule has 0 unspecified atom stereocenters. The maximum atomic E-state index is 12.8. The van der Waals surface area contributed by atoms with Gasteiger partial charge in [0.1, 0.15) is 0 Å². The molecule has 0 fully saturated rings. The molecule has 6 nitrogen and oxygen atoms in total. The summed E-state index contributed by atoms with van der Waals surface area (Å²) in [6, 6.07) is 15.1. The number of carbonyl (C=O) groups is 1. The lowest BCUT2D eigenvalue weighted by molar-refractivity contribution is 0.0755. The van der Waals surface area contributed by atoms with E-state index in [1.165, 1.54) is 0 Å². The molecule has 0 atom stereocenters. The number of hydrogen-bond donors (Lipinski definition) is 1. The van der Waals surface area contributed by atoms with E-state index in [0.29, 0.717) is 23.8 Å². The van der Waals surface area contributed by atoms with Crippen LogP contribution in [-0.4, -0.2) is 34.0 Å². The van der Waals surface area contributed by atoms with Gasteiger partial charge in [-0.15, -0.1) is 0 Å². The zero-order valence-corrected chi connectivity index (χ0v) is 16.4. The lowest BCUT2D eigenvalue weighted by atomic mass is 10.1. The van der Waals surface area contributed by atoms with Crippen LogP contribution >= 0.6 is 0 Å². The van der Waals surface area contributed by atoms with Gasteiger partial charge in [-0.2, -0.15) is 4.98 Å². The summed E-state index contributed by atoms with van der Waals surface area (Å²) < 4.78 is 5.44. The number of amides is 1. The smallest absolute Gasteiger partial charge is 0.258 e. The summed E-state index contributed by atoms with van der Waals surface area (Å²) >= 11 is 0. The van der Waals surface area contributed by atoms with Gasteiger partial charge in [0.25, 0.3) is 11.8 Å². The number of nitrogens with zero attached hydrogens (tertiary/aromatic N) is 3. The van der Waals surface area contributed by atoms with Crippen LogP contribution in [-0.2, 0) is 6.54 Å². The van der Waals surface area contributed by atoms with E-state index in [0.717, 1.165) is 42.6 Å². The van der Waals surface area contributed by atoms with Gasteiger partial charge in [0.15, 0.2) is 0 Å². The lowest BCUT2D eigenvalue weighted by Crippen LogP contribution is -2.32. The molecule has 1 amide bonds. The highest BCUT2D eigenvalue weighted by Crippen LogP contribution is 2.23. The molecule has 3 aromatic rings. The van der Waals surface area contributed by atoms with Crippen LogP contribution < -0.4 is 5.73 Å². The van der Waals surface area contributed by atoms with E-state index < -0.39 is 0 Å². The minimum atomic E-state index is 0.0302. The molecular weight excluding hydrogens is 352 g/mol. The number of rotatable bonds is 8. The average Bonchev–Trinajstić information content (AvgIpc) is 3.23. The summed E-state index contributed by atoms with van der Waals surface area (Å²) in [5.41, 5.74) is 8.90. The van der Waals surface area contributed by atoms with E-state index in [1.807, 2.05) is 53.4 Å². The molecule has 3 rings (SSSR count). The zero-order valence-electron chi connectivity index (χ0n) is 16.4. The van der Waals surface area contributed by atoms with E-state index in [-0.39, 0.29) is 5.91 Å². The maximum Gasteiger partial charge on any atom is 0.258 e. The summed E-state index contributed by atoms with van der Waals surface area (Å²) in [6.07, 6.45) is 1.86. The van der Waals surface area contributed by atoms with Crippen molar-refractivity contribution in [1.29, 1.82) is 0 Å². The average molecular weight is 378 g/mol. The highest BCUT2D eigenvalue weighted by molar-refractivity contribution is 5.95. The van der Waals surface area contributed by atoms with Crippen molar-refractivity contribution in [2.75, 3.05) is 13.1 Å². The zero-order chi connectivity index (χ0) is 19.9. The molecule has 6 heteroatoms. The Hall–Kier alpha value is -2.99. The summed E-state index contributed by atoms with van der Waals surface area (Å²) in [5.74, 6) is 0.932. The van der Waals surface area contributed by atoms with Crippen LogP contribution in [0.4, 0.5) is 0 Å². The van der Waals surface area contributed by atoms with Crippen LogP contribution in [0, 0.1) is 0 Å². The maximum absolute atomic E-state index is 12.8. The fourth-order valence-corrected chi connectivity index (χ4v) is 3.07. The number of aromatic nitrogens is 2. The number of hydrogen-bond acceptors (Lipinski definition) is 5. The molecule has 2 N–H and O–H groups in total. The summed E-state index contributed by atoms with van der Waals surface area (Å²) in [6.45, 7) is 6.14. The number of carbonyl (C=O) groups excluding carboxylic acids is 1. The summed E-state index contributed by atoms with van der Waals surface area (Å²) in [5, 5.41) is 4.07. The molecule has 146 valence electrons. The summed E-state index contributed by atoms with van der Waals surface area (Å²) in [4.78, 5) is 19.2. The third-order valence-corrected chi connectivity index (χ3v) is 4.50. The quantitative estimate of drug-likeness (QED) is 0.637. The molecule has 2 aromatic carbocycles. The van der Waals surface area contributed by atoms with Crippen molar-refractivity contribution < 1.29 is 9.32 Å². The molecular formula is C22H26N4O2. The first-order chi connectivity index (χ1) is 13.7. The predicted octanol–water partition coefficient (Wildman–Crippen LogP) is 4.12. The van der Waals surface area contributed by atoms with Gasteiger partial charge in [0.05, 0.1) is 0 Å². The van der Waals surface area contributed by atoms with Crippen LogP contribution in [0.25, 0.3) is 22.8 Å². The molecule has 0 aliphatic rings. The van der Waals surface area contributed by atoms with Gasteiger partial charge in [-0.25, -0.2) is 0 Å². The molecule has 1 aromatic heterocycles. The second-order valence-electron chi connectivity index (χ2n) is 6.70. The topological polar surface area (TPSA) is 85.2 Å². The molecule has 0 spiro atoms. The van der Waals surface area contributed by atoms with Gasteiger partial charge >= 0.3 is 0 Å².